The van der Waals surface area contributed by atoms with Crippen LogP contribution in [0.1, 0.15) is 25.7 Å². The van der Waals surface area contributed by atoms with Crippen molar-refractivity contribution in [1.82, 2.24) is 24.7 Å². The van der Waals surface area contributed by atoms with Gasteiger partial charge in [-0.2, -0.15) is 0 Å². The van der Waals surface area contributed by atoms with Crippen molar-refractivity contribution in [2.24, 2.45) is 5.73 Å². The summed E-state index contributed by atoms with van der Waals surface area (Å²) >= 11 is 0. The molecule has 2 atom stereocenters. The van der Waals surface area contributed by atoms with Crippen molar-refractivity contribution in [2.45, 2.75) is 37.8 Å². The standard InChI is InChI=1S/C22H24N8/c23-17-6-2-3-7-18(17)27-20-13-15(9-10-25-20)30-19-8-4-1-5-16(19)22(29-30)28-21-14-24-11-12-26-21/h1,4-5,8-14,17-18H,2-3,6-7,23H2,(H,25,27)(H,26,28,29)/t17-,18+/m0/s1. The van der Waals surface area contributed by atoms with Gasteiger partial charge in [0.2, 0.25) is 0 Å². The minimum Gasteiger partial charge on any atom is -0.366 e. The highest BCUT2D eigenvalue weighted by atomic mass is 15.3. The first-order valence-electron chi connectivity index (χ1n) is 10.3. The lowest BCUT2D eigenvalue weighted by atomic mass is 9.91. The van der Waals surface area contributed by atoms with E-state index in [0.29, 0.717) is 5.82 Å². The molecule has 5 rings (SSSR count). The van der Waals surface area contributed by atoms with Crippen LogP contribution in [0.3, 0.4) is 0 Å². The summed E-state index contributed by atoms with van der Waals surface area (Å²) in [5, 5.41) is 12.6. The van der Waals surface area contributed by atoms with Crippen LogP contribution in [0.2, 0.25) is 0 Å². The molecule has 0 saturated heterocycles. The van der Waals surface area contributed by atoms with Crippen LogP contribution >= 0.6 is 0 Å². The fourth-order valence-electron chi connectivity index (χ4n) is 4.00. The zero-order chi connectivity index (χ0) is 20.3. The molecule has 3 heterocycles. The summed E-state index contributed by atoms with van der Waals surface area (Å²) in [7, 11) is 0. The lowest BCUT2D eigenvalue weighted by molar-refractivity contribution is 0.403. The van der Waals surface area contributed by atoms with Crippen LogP contribution in [0.15, 0.2) is 61.2 Å². The number of pyridine rings is 1. The predicted octanol–water partition coefficient (Wildman–Crippen LogP) is 3.64. The van der Waals surface area contributed by atoms with E-state index in [0.717, 1.165) is 41.1 Å². The Balaban J connectivity index is 1.49. The number of rotatable bonds is 5. The molecule has 152 valence electrons. The lowest BCUT2D eigenvalue weighted by Crippen LogP contribution is -2.42. The molecule has 0 bridgehead atoms. The highest BCUT2D eigenvalue weighted by Gasteiger charge is 2.22. The first kappa shape index (κ1) is 18.5. The fourth-order valence-corrected chi connectivity index (χ4v) is 4.00. The molecule has 8 nitrogen and oxygen atoms in total. The van der Waals surface area contributed by atoms with Crippen molar-refractivity contribution in [3.8, 4) is 5.69 Å². The molecular formula is C22H24N8. The van der Waals surface area contributed by atoms with Crippen molar-refractivity contribution in [1.29, 1.82) is 0 Å². The van der Waals surface area contributed by atoms with Gasteiger partial charge in [-0.1, -0.05) is 25.0 Å². The average Bonchev–Trinajstić information content (AvgIpc) is 3.15. The van der Waals surface area contributed by atoms with E-state index in [2.05, 4.69) is 31.7 Å². The molecule has 4 N–H and O–H groups in total. The number of fused-ring (bicyclic) bond motifs is 1. The Bertz CT molecular complexity index is 1140. The Kier molecular flexibility index (Phi) is 4.98. The van der Waals surface area contributed by atoms with Gasteiger partial charge < -0.3 is 16.4 Å². The zero-order valence-electron chi connectivity index (χ0n) is 16.6. The molecule has 0 unspecified atom stereocenters. The van der Waals surface area contributed by atoms with E-state index in [1.807, 2.05) is 35.0 Å². The number of para-hydroxylation sites is 1. The summed E-state index contributed by atoms with van der Waals surface area (Å²) in [4.78, 5) is 12.9. The van der Waals surface area contributed by atoms with Crippen molar-refractivity contribution in [3.63, 3.8) is 0 Å². The van der Waals surface area contributed by atoms with Crippen molar-refractivity contribution < 1.29 is 0 Å². The van der Waals surface area contributed by atoms with Crippen LogP contribution < -0.4 is 16.4 Å². The normalized spacial score (nSPS) is 19.0. The minimum absolute atomic E-state index is 0.164. The largest absolute Gasteiger partial charge is 0.366 e. The van der Waals surface area contributed by atoms with Crippen LogP contribution in [-0.4, -0.2) is 36.8 Å². The second kappa shape index (κ2) is 8.08. The number of hydrogen-bond donors (Lipinski definition) is 3. The number of aromatic nitrogens is 5. The smallest absolute Gasteiger partial charge is 0.162 e. The van der Waals surface area contributed by atoms with Crippen LogP contribution in [0, 0.1) is 0 Å². The molecule has 3 aromatic heterocycles. The van der Waals surface area contributed by atoms with E-state index < -0.39 is 0 Å². The molecule has 8 heteroatoms. The van der Waals surface area contributed by atoms with E-state index in [9.17, 15) is 0 Å². The molecule has 0 amide bonds. The van der Waals surface area contributed by atoms with Gasteiger partial charge in [-0.15, -0.1) is 5.10 Å². The van der Waals surface area contributed by atoms with Crippen LogP contribution in [0.4, 0.5) is 17.5 Å². The van der Waals surface area contributed by atoms with Gasteiger partial charge >= 0.3 is 0 Å². The van der Waals surface area contributed by atoms with Gasteiger partial charge in [-0.05, 0) is 31.0 Å². The Morgan fingerprint density at radius 1 is 0.967 bits per heavy atom. The number of hydrogen-bond acceptors (Lipinski definition) is 7. The highest BCUT2D eigenvalue weighted by molar-refractivity contribution is 5.92. The molecule has 0 spiro atoms. The van der Waals surface area contributed by atoms with Crippen molar-refractivity contribution >= 4 is 28.4 Å². The van der Waals surface area contributed by atoms with Gasteiger partial charge in [0, 0.05) is 42.1 Å². The number of nitrogens with one attached hydrogen (secondary N) is 2. The second-order valence-corrected chi connectivity index (χ2v) is 7.59. The molecule has 0 radical (unpaired) electrons. The van der Waals surface area contributed by atoms with Gasteiger partial charge in [-0.3, -0.25) is 4.98 Å². The molecule has 1 fully saturated rings. The lowest BCUT2D eigenvalue weighted by Gasteiger charge is -2.29. The molecule has 1 aromatic carbocycles. The maximum absolute atomic E-state index is 6.30. The van der Waals surface area contributed by atoms with Gasteiger partial charge in [0.05, 0.1) is 17.4 Å². The quantitative estimate of drug-likeness (QED) is 0.469. The monoisotopic (exact) mass is 400 g/mol. The van der Waals surface area contributed by atoms with Crippen LogP contribution in [-0.2, 0) is 0 Å². The molecule has 4 aromatic rings. The van der Waals surface area contributed by atoms with E-state index in [1.54, 1.807) is 24.8 Å². The molecule has 1 saturated carbocycles. The van der Waals surface area contributed by atoms with Gasteiger partial charge in [0.25, 0.3) is 0 Å². The number of nitrogens with two attached hydrogens (primary N) is 1. The topological polar surface area (TPSA) is 107 Å². The Labute approximate surface area is 174 Å². The molecule has 1 aliphatic rings. The van der Waals surface area contributed by atoms with Gasteiger partial charge in [0.1, 0.15) is 11.6 Å². The van der Waals surface area contributed by atoms with Crippen LogP contribution in [0.5, 0.6) is 0 Å². The first-order valence-corrected chi connectivity index (χ1v) is 10.3. The van der Waals surface area contributed by atoms with E-state index in [-0.39, 0.29) is 12.1 Å². The van der Waals surface area contributed by atoms with Crippen molar-refractivity contribution in [2.75, 3.05) is 10.6 Å². The molecule has 30 heavy (non-hydrogen) atoms. The predicted molar refractivity (Wildman–Crippen MR) is 118 cm³/mol. The maximum Gasteiger partial charge on any atom is 0.162 e. The molecule has 1 aliphatic carbocycles. The third-order valence-corrected chi connectivity index (χ3v) is 5.54. The molecular weight excluding hydrogens is 376 g/mol. The van der Waals surface area contributed by atoms with E-state index in [1.165, 1.54) is 12.8 Å². The highest BCUT2D eigenvalue weighted by Crippen LogP contribution is 2.28. The number of benzene rings is 1. The SMILES string of the molecule is N[C@H]1CCCC[C@H]1Nc1cc(-n2nc(Nc3cnccn3)c3ccccc32)ccn1. The summed E-state index contributed by atoms with van der Waals surface area (Å²) in [6.07, 6.45) is 11.3. The molecule has 0 aliphatic heterocycles. The Hall–Kier alpha value is -3.52. The van der Waals surface area contributed by atoms with E-state index >= 15 is 0 Å². The number of nitrogens with zero attached hydrogens (tertiary/aromatic N) is 5. The summed E-state index contributed by atoms with van der Waals surface area (Å²) in [6, 6.07) is 12.5. The Morgan fingerprint density at radius 2 is 1.83 bits per heavy atom. The van der Waals surface area contributed by atoms with E-state index in [4.69, 9.17) is 10.8 Å². The number of anilines is 3. The minimum atomic E-state index is 0.164. The summed E-state index contributed by atoms with van der Waals surface area (Å²) < 4.78 is 1.92. The van der Waals surface area contributed by atoms with Gasteiger partial charge in [0.15, 0.2) is 5.82 Å². The Morgan fingerprint density at radius 3 is 2.70 bits per heavy atom. The zero-order valence-corrected chi connectivity index (χ0v) is 16.6. The second-order valence-electron chi connectivity index (χ2n) is 7.59. The summed E-state index contributed by atoms with van der Waals surface area (Å²) in [5.74, 6) is 2.20. The third kappa shape index (κ3) is 3.69. The summed E-state index contributed by atoms with van der Waals surface area (Å²) in [5.41, 5.74) is 8.23. The summed E-state index contributed by atoms with van der Waals surface area (Å²) in [6.45, 7) is 0. The van der Waals surface area contributed by atoms with Gasteiger partial charge in [-0.25, -0.2) is 14.6 Å². The van der Waals surface area contributed by atoms with Crippen molar-refractivity contribution in [3.05, 3.63) is 61.2 Å². The maximum atomic E-state index is 6.30. The average molecular weight is 400 g/mol. The fraction of sp³-hybridized carbons (Fsp3) is 0.273. The third-order valence-electron chi connectivity index (χ3n) is 5.54. The van der Waals surface area contributed by atoms with Crippen LogP contribution in [0.25, 0.3) is 16.6 Å². The first-order chi connectivity index (χ1) is 14.8.